The highest BCUT2D eigenvalue weighted by atomic mass is 32.2. The summed E-state index contributed by atoms with van der Waals surface area (Å²) >= 11 is 1.56. The van der Waals surface area contributed by atoms with E-state index in [1.54, 1.807) is 33.1 Å². The average Bonchev–Trinajstić information content (AvgIpc) is 2.69. The van der Waals surface area contributed by atoms with E-state index in [0.29, 0.717) is 29.5 Å². The summed E-state index contributed by atoms with van der Waals surface area (Å²) in [6.07, 6.45) is 0. The lowest BCUT2D eigenvalue weighted by atomic mass is 9.87. The van der Waals surface area contributed by atoms with Crippen LogP contribution >= 0.6 is 11.8 Å². The molecule has 0 radical (unpaired) electrons. The maximum absolute atomic E-state index is 12.4. The van der Waals surface area contributed by atoms with Crippen LogP contribution in [0.5, 0.6) is 17.2 Å². The van der Waals surface area contributed by atoms with Crippen LogP contribution in [0.3, 0.4) is 0 Å². The van der Waals surface area contributed by atoms with Crippen LogP contribution in [0.1, 0.15) is 37.5 Å². The van der Waals surface area contributed by atoms with Crippen LogP contribution in [-0.4, -0.2) is 33.0 Å². The van der Waals surface area contributed by atoms with Crippen LogP contribution in [0.4, 0.5) is 0 Å². The Balaban J connectivity index is 2.01. The highest BCUT2D eigenvalue weighted by Crippen LogP contribution is 2.38. The Morgan fingerprint density at radius 3 is 2.14 bits per heavy atom. The van der Waals surface area contributed by atoms with Crippen LogP contribution in [-0.2, 0) is 16.8 Å². The SMILES string of the molecule is COc1cc(CNC(=O)CSc2cc(C(C)(C)C)ccc2C)cc(OC)c1OC. The molecule has 1 N–H and O–H groups in total. The molecule has 5 nitrogen and oxygen atoms in total. The first-order chi connectivity index (χ1) is 13.7. The fourth-order valence-corrected chi connectivity index (χ4v) is 3.75. The van der Waals surface area contributed by atoms with Gasteiger partial charge >= 0.3 is 0 Å². The van der Waals surface area contributed by atoms with Crippen LogP contribution in [0, 0.1) is 6.92 Å². The predicted molar refractivity (Wildman–Crippen MR) is 119 cm³/mol. The van der Waals surface area contributed by atoms with Gasteiger partial charge in [0.1, 0.15) is 0 Å². The summed E-state index contributed by atoms with van der Waals surface area (Å²) < 4.78 is 16.1. The number of thioether (sulfide) groups is 1. The highest BCUT2D eigenvalue weighted by Gasteiger charge is 2.16. The lowest BCUT2D eigenvalue weighted by Gasteiger charge is -2.20. The van der Waals surface area contributed by atoms with E-state index in [1.165, 1.54) is 11.1 Å². The smallest absolute Gasteiger partial charge is 0.230 e. The molecule has 0 fully saturated rings. The van der Waals surface area contributed by atoms with Crippen molar-refractivity contribution in [3.63, 3.8) is 0 Å². The van der Waals surface area contributed by atoms with Gasteiger partial charge in [-0.15, -0.1) is 11.8 Å². The van der Waals surface area contributed by atoms with Crippen LogP contribution in [0.2, 0.25) is 0 Å². The summed E-state index contributed by atoms with van der Waals surface area (Å²) in [7, 11) is 4.71. The van der Waals surface area contributed by atoms with Crippen molar-refractivity contribution in [2.45, 2.75) is 44.6 Å². The Morgan fingerprint density at radius 1 is 1.00 bits per heavy atom. The zero-order valence-corrected chi connectivity index (χ0v) is 19.2. The van der Waals surface area contributed by atoms with Gasteiger partial charge in [-0.1, -0.05) is 32.9 Å². The molecule has 0 unspecified atom stereocenters. The Morgan fingerprint density at radius 2 is 1.62 bits per heavy atom. The van der Waals surface area contributed by atoms with Gasteiger partial charge in [-0.25, -0.2) is 0 Å². The minimum absolute atomic E-state index is 0.0238. The fourth-order valence-electron chi connectivity index (χ4n) is 2.85. The van der Waals surface area contributed by atoms with E-state index in [1.807, 2.05) is 12.1 Å². The van der Waals surface area contributed by atoms with E-state index >= 15 is 0 Å². The number of rotatable bonds is 8. The van der Waals surface area contributed by atoms with E-state index in [9.17, 15) is 4.79 Å². The molecule has 2 aromatic carbocycles. The first-order valence-corrected chi connectivity index (χ1v) is 10.5. The Hall–Kier alpha value is -2.34. The van der Waals surface area contributed by atoms with E-state index in [0.717, 1.165) is 10.5 Å². The van der Waals surface area contributed by atoms with Gasteiger partial charge in [-0.05, 0) is 47.2 Å². The first-order valence-electron chi connectivity index (χ1n) is 9.49. The van der Waals surface area contributed by atoms with Gasteiger partial charge in [0.25, 0.3) is 0 Å². The van der Waals surface area contributed by atoms with Gasteiger partial charge in [0.2, 0.25) is 11.7 Å². The lowest BCUT2D eigenvalue weighted by Crippen LogP contribution is -2.24. The number of hydrogen-bond donors (Lipinski definition) is 1. The standard InChI is InChI=1S/C23H31NO4S/c1-15-8-9-17(23(2,3)4)12-20(15)29-14-21(25)24-13-16-10-18(26-5)22(28-7)19(11-16)27-6/h8-12H,13-14H2,1-7H3,(H,24,25). The molecule has 2 rings (SSSR count). The van der Waals surface area contributed by atoms with E-state index in [-0.39, 0.29) is 11.3 Å². The van der Waals surface area contributed by atoms with Crippen molar-refractivity contribution in [3.8, 4) is 17.2 Å². The fraction of sp³-hybridized carbons (Fsp3) is 0.435. The van der Waals surface area contributed by atoms with Crippen molar-refractivity contribution in [1.29, 1.82) is 0 Å². The van der Waals surface area contributed by atoms with Crippen molar-refractivity contribution in [1.82, 2.24) is 5.32 Å². The number of nitrogens with one attached hydrogen (secondary N) is 1. The highest BCUT2D eigenvalue weighted by molar-refractivity contribution is 8.00. The lowest BCUT2D eigenvalue weighted by molar-refractivity contribution is -0.118. The Labute approximate surface area is 178 Å². The molecule has 0 aliphatic carbocycles. The Bertz CT molecular complexity index is 833. The molecule has 1 amide bonds. The van der Waals surface area contributed by atoms with Crippen molar-refractivity contribution >= 4 is 17.7 Å². The molecule has 0 saturated heterocycles. The maximum Gasteiger partial charge on any atom is 0.230 e. The maximum atomic E-state index is 12.4. The van der Waals surface area contributed by atoms with Gasteiger partial charge in [-0.2, -0.15) is 0 Å². The monoisotopic (exact) mass is 417 g/mol. The number of aryl methyl sites for hydroxylation is 1. The van der Waals surface area contributed by atoms with E-state index in [4.69, 9.17) is 14.2 Å². The zero-order valence-electron chi connectivity index (χ0n) is 18.3. The minimum Gasteiger partial charge on any atom is -0.493 e. The molecular weight excluding hydrogens is 386 g/mol. The molecule has 0 bridgehead atoms. The second-order valence-electron chi connectivity index (χ2n) is 7.83. The molecule has 29 heavy (non-hydrogen) atoms. The number of carbonyl (C=O) groups excluding carboxylic acids is 1. The molecule has 0 aliphatic rings. The van der Waals surface area contributed by atoms with Crippen molar-refractivity contribution < 1.29 is 19.0 Å². The molecule has 0 heterocycles. The molecule has 0 aromatic heterocycles. The van der Waals surface area contributed by atoms with Crippen LogP contribution in [0.15, 0.2) is 35.2 Å². The third kappa shape index (κ3) is 6.07. The summed E-state index contributed by atoms with van der Waals surface area (Å²) in [6.45, 7) is 9.03. The number of carbonyl (C=O) groups is 1. The van der Waals surface area contributed by atoms with Gasteiger partial charge in [0.05, 0.1) is 27.1 Å². The van der Waals surface area contributed by atoms with Crippen LogP contribution in [0.25, 0.3) is 0 Å². The first kappa shape index (κ1) is 22.9. The van der Waals surface area contributed by atoms with Gasteiger partial charge in [0.15, 0.2) is 11.5 Å². The second-order valence-corrected chi connectivity index (χ2v) is 8.85. The summed E-state index contributed by atoms with van der Waals surface area (Å²) in [6, 6.07) is 10.1. The minimum atomic E-state index is -0.0238. The van der Waals surface area contributed by atoms with Gasteiger partial charge in [0, 0.05) is 11.4 Å². The average molecular weight is 418 g/mol. The summed E-state index contributed by atoms with van der Waals surface area (Å²) in [4.78, 5) is 13.5. The van der Waals surface area contributed by atoms with Crippen molar-refractivity contribution in [2.24, 2.45) is 0 Å². The molecule has 0 saturated carbocycles. The normalized spacial score (nSPS) is 11.1. The molecular formula is C23H31NO4S. The zero-order chi connectivity index (χ0) is 21.6. The molecule has 158 valence electrons. The van der Waals surface area contributed by atoms with E-state index in [2.05, 4.69) is 51.2 Å². The summed E-state index contributed by atoms with van der Waals surface area (Å²) in [5, 5.41) is 2.96. The van der Waals surface area contributed by atoms with Crippen molar-refractivity contribution in [2.75, 3.05) is 27.1 Å². The van der Waals surface area contributed by atoms with E-state index < -0.39 is 0 Å². The number of hydrogen-bond acceptors (Lipinski definition) is 5. The third-order valence-corrected chi connectivity index (χ3v) is 5.78. The number of benzene rings is 2. The number of amides is 1. The number of methoxy groups -OCH3 is 3. The molecule has 0 atom stereocenters. The molecule has 0 aliphatic heterocycles. The molecule has 0 spiro atoms. The summed E-state index contributed by atoms with van der Waals surface area (Å²) in [5.74, 6) is 2.01. The van der Waals surface area contributed by atoms with Crippen LogP contribution < -0.4 is 19.5 Å². The summed E-state index contributed by atoms with van der Waals surface area (Å²) in [5.41, 5.74) is 3.41. The van der Waals surface area contributed by atoms with Gasteiger partial charge in [-0.3, -0.25) is 4.79 Å². The molecule has 6 heteroatoms. The molecule has 2 aromatic rings. The quantitative estimate of drug-likeness (QED) is 0.630. The predicted octanol–water partition coefficient (Wildman–Crippen LogP) is 4.73. The Kier molecular flexibility index (Phi) is 7.85. The number of ether oxygens (including phenoxy) is 3. The second kappa shape index (κ2) is 9.92. The topological polar surface area (TPSA) is 56.8 Å². The largest absolute Gasteiger partial charge is 0.493 e. The van der Waals surface area contributed by atoms with Crippen molar-refractivity contribution in [3.05, 3.63) is 47.0 Å². The third-order valence-electron chi connectivity index (χ3n) is 4.63. The van der Waals surface area contributed by atoms with Gasteiger partial charge < -0.3 is 19.5 Å².